The molecule has 5 nitrogen and oxygen atoms in total. The first-order chi connectivity index (χ1) is 9.27. The lowest BCUT2D eigenvalue weighted by Crippen LogP contribution is -2.21. The van der Waals surface area contributed by atoms with Gasteiger partial charge in [0.1, 0.15) is 6.61 Å². The van der Waals surface area contributed by atoms with Crippen LogP contribution in [0.25, 0.3) is 0 Å². The standard InChI is InChI=1S/C14H22N2O3.ClH/c1-3-15-10-12-6-4-5-7-13(12)16-14(17)11-19-9-8-18-2;/h4-7,15H,3,8-11H2,1-2H3,(H,16,17);1H. The molecule has 0 spiro atoms. The molecule has 0 aliphatic rings. The number of amides is 1. The number of hydrogen-bond donors (Lipinski definition) is 2. The molecule has 0 aromatic heterocycles. The number of methoxy groups -OCH3 is 1. The number of para-hydroxylation sites is 1. The minimum Gasteiger partial charge on any atom is -0.382 e. The van der Waals surface area contributed by atoms with Crippen molar-refractivity contribution in [1.82, 2.24) is 5.32 Å². The zero-order chi connectivity index (χ0) is 13.9. The lowest BCUT2D eigenvalue weighted by molar-refractivity contribution is -0.121. The largest absolute Gasteiger partial charge is 0.382 e. The maximum absolute atomic E-state index is 11.7. The van der Waals surface area contributed by atoms with Gasteiger partial charge in [-0.2, -0.15) is 0 Å². The molecule has 0 bridgehead atoms. The summed E-state index contributed by atoms with van der Waals surface area (Å²) in [6.07, 6.45) is 0. The lowest BCUT2D eigenvalue weighted by atomic mass is 10.1. The number of carbonyl (C=O) groups excluding carboxylic acids is 1. The fourth-order valence-electron chi connectivity index (χ4n) is 1.55. The molecule has 0 radical (unpaired) electrons. The molecular formula is C14H23ClN2O3. The van der Waals surface area contributed by atoms with Gasteiger partial charge in [-0.05, 0) is 18.2 Å². The highest BCUT2D eigenvalue weighted by molar-refractivity contribution is 5.92. The summed E-state index contributed by atoms with van der Waals surface area (Å²) in [5.41, 5.74) is 1.89. The van der Waals surface area contributed by atoms with Gasteiger partial charge in [-0.15, -0.1) is 12.4 Å². The molecule has 1 aromatic carbocycles. The average Bonchev–Trinajstić information content (AvgIpc) is 2.43. The van der Waals surface area contributed by atoms with Crippen LogP contribution in [0.3, 0.4) is 0 Å². The summed E-state index contributed by atoms with van der Waals surface area (Å²) in [7, 11) is 1.60. The van der Waals surface area contributed by atoms with Crippen LogP contribution in [0.4, 0.5) is 5.69 Å². The van der Waals surface area contributed by atoms with Crippen molar-refractivity contribution in [2.75, 3.05) is 38.8 Å². The quantitative estimate of drug-likeness (QED) is 0.683. The summed E-state index contributed by atoms with van der Waals surface area (Å²) in [5.74, 6) is -0.153. The first-order valence-electron chi connectivity index (χ1n) is 6.43. The van der Waals surface area contributed by atoms with E-state index in [1.165, 1.54) is 0 Å². The second kappa shape index (κ2) is 11.7. The maximum Gasteiger partial charge on any atom is 0.250 e. The second-order valence-corrected chi connectivity index (χ2v) is 4.03. The molecule has 0 saturated heterocycles. The number of hydrogen-bond acceptors (Lipinski definition) is 4. The Kier molecular flexibility index (Phi) is 11.0. The fraction of sp³-hybridized carbons (Fsp3) is 0.500. The average molecular weight is 303 g/mol. The summed E-state index contributed by atoms with van der Waals surface area (Å²) >= 11 is 0. The van der Waals surface area contributed by atoms with Crippen LogP contribution >= 0.6 is 12.4 Å². The van der Waals surface area contributed by atoms with Crippen LogP contribution in [0.5, 0.6) is 0 Å². The highest BCUT2D eigenvalue weighted by Crippen LogP contribution is 2.14. The summed E-state index contributed by atoms with van der Waals surface area (Å²) in [4.78, 5) is 11.7. The highest BCUT2D eigenvalue weighted by Gasteiger charge is 2.06. The van der Waals surface area contributed by atoms with Gasteiger partial charge < -0.3 is 20.1 Å². The first kappa shape index (κ1) is 18.9. The topological polar surface area (TPSA) is 59.6 Å². The predicted octanol–water partition coefficient (Wildman–Crippen LogP) is 1.82. The molecular weight excluding hydrogens is 280 g/mol. The van der Waals surface area contributed by atoms with Crippen molar-refractivity contribution in [3.63, 3.8) is 0 Å². The number of rotatable bonds is 9. The molecule has 0 aliphatic heterocycles. The molecule has 114 valence electrons. The number of halogens is 1. The molecule has 0 unspecified atom stereocenters. The summed E-state index contributed by atoms with van der Waals surface area (Å²) < 4.78 is 10.0. The molecule has 0 fully saturated rings. The molecule has 6 heteroatoms. The third-order valence-corrected chi connectivity index (χ3v) is 2.52. The van der Waals surface area contributed by atoms with E-state index < -0.39 is 0 Å². The Morgan fingerprint density at radius 3 is 2.70 bits per heavy atom. The van der Waals surface area contributed by atoms with Crippen molar-refractivity contribution in [1.29, 1.82) is 0 Å². The van der Waals surface area contributed by atoms with Gasteiger partial charge in [-0.3, -0.25) is 4.79 Å². The van der Waals surface area contributed by atoms with Crippen molar-refractivity contribution in [3.05, 3.63) is 29.8 Å². The van der Waals surface area contributed by atoms with Gasteiger partial charge in [-0.1, -0.05) is 25.1 Å². The highest BCUT2D eigenvalue weighted by atomic mass is 35.5. The molecule has 1 amide bonds. The fourth-order valence-corrected chi connectivity index (χ4v) is 1.55. The summed E-state index contributed by atoms with van der Waals surface area (Å²) in [6, 6.07) is 7.73. The van der Waals surface area contributed by atoms with Crippen LogP contribution in [-0.4, -0.2) is 39.4 Å². The molecule has 0 atom stereocenters. The Morgan fingerprint density at radius 1 is 1.25 bits per heavy atom. The van der Waals surface area contributed by atoms with Crippen LogP contribution in [0, 0.1) is 0 Å². The van der Waals surface area contributed by atoms with E-state index >= 15 is 0 Å². The molecule has 0 aliphatic carbocycles. The van der Waals surface area contributed by atoms with Crippen molar-refractivity contribution >= 4 is 24.0 Å². The number of ether oxygens (including phenoxy) is 2. The van der Waals surface area contributed by atoms with Crippen molar-refractivity contribution in [2.24, 2.45) is 0 Å². The van der Waals surface area contributed by atoms with Gasteiger partial charge in [-0.25, -0.2) is 0 Å². The predicted molar refractivity (Wildman–Crippen MR) is 82.4 cm³/mol. The van der Waals surface area contributed by atoms with Gasteiger partial charge in [0.05, 0.1) is 13.2 Å². The van der Waals surface area contributed by atoms with E-state index in [4.69, 9.17) is 9.47 Å². The molecule has 20 heavy (non-hydrogen) atoms. The number of nitrogens with one attached hydrogen (secondary N) is 2. The zero-order valence-corrected chi connectivity index (χ0v) is 12.8. The van der Waals surface area contributed by atoms with E-state index in [2.05, 4.69) is 10.6 Å². The van der Waals surface area contributed by atoms with E-state index in [1.807, 2.05) is 31.2 Å². The van der Waals surface area contributed by atoms with Crippen molar-refractivity contribution < 1.29 is 14.3 Å². The lowest BCUT2D eigenvalue weighted by Gasteiger charge is -2.11. The van der Waals surface area contributed by atoms with Crippen LogP contribution in [0.1, 0.15) is 12.5 Å². The van der Waals surface area contributed by atoms with E-state index in [9.17, 15) is 4.79 Å². The molecule has 2 N–H and O–H groups in total. The van der Waals surface area contributed by atoms with E-state index in [0.29, 0.717) is 13.2 Å². The molecule has 0 heterocycles. The normalized spacial score (nSPS) is 9.90. The maximum atomic E-state index is 11.7. The van der Waals surface area contributed by atoms with Crippen LogP contribution in [0.15, 0.2) is 24.3 Å². The Bertz CT molecular complexity index is 388. The van der Waals surface area contributed by atoms with E-state index in [0.717, 1.165) is 24.3 Å². The number of carbonyl (C=O) groups is 1. The Morgan fingerprint density at radius 2 is 2.00 bits per heavy atom. The Labute approximate surface area is 126 Å². The Hall–Kier alpha value is -1.14. The minimum atomic E-state index is -0.153. The second-order valence-electron chi connectivity index (χ2n) is 4.03. The smallest absolute Gasteiger partial charge is 0.250 e. The summed E-state index contributed by atoms with van der Waals surface area (Å²) in [5, 5.41) is 6.09. The van der Waals surface area contributed by atoms with Crippen LogP contribution in [-0.2, 0) is 20.8 Å². The number of benzene rings is 1. The Balaban J connectivity index is 0.00000361. The first-order valence-corrected chi connectivity index (χ1v) is 6.43. The van der Waals surface area contributed by atoms with Crippen LogP contribution in [0.2, 0.25) is 0 Å². The van der Waals surface area contributed by atoms with Gasteiger partial charge in [0.15, 0.2) is 0 Å². The van der Waals surface area contributed by atoms with Crippen molar-refractivity contribution in [3.8, 4) is 0 Å². The van der Waals surface area contributed by atoms with Gasteiger partial charge in [0.2, 0.25) is 5.91 Å². The van der Waals surface area contributed by atoms with Crippen molar-refractivity contribution in [2.45, 2.75) is 13.5 Å². The molecule has 1 aromatic rings. The van der Waals surface area contributed by atoms with Gasteiger partial charge in [0, 0.05) is 19.3 Å². The van der Waals surface area contributed by atoms with Crippen LogP contribution < -0.4 is 10.6 Å². The zero-order valence-electron chi connectivity index (χ0n) is 12.0. The van der Waals surface area contributed by atoms with Gasteiger partial charge >= 0.3 is 0 Å². The third-order valence-electron chi connectivity index (χ3n) is 2.52. The van der Waals surface area contributed by atoms with Gasteiger partial charge in [0.25, 0.3) is 0 Å². The number of anilines is 1. The molecule has 1 rings (SSSR count). The molecule has 0 saturated carbocycles. The van der Waals surface area contributed by atoms with E-state index in [1.54, 1.807) is 7.11 Å². The SMILES string of the molecule is CCNCc1ccccc1NC(=O)COCCOC.Cl. The minimum absolute atomic E-state index is 0. The van der Waals surface area contributed by atoms with E-state index in [-0.39, 0.29) is 24.9 Å². The third kappa shape index (κ3) is 7.45. The monoisotopic (exact) mass is 302 g/mol. The summed E-state index contributed by atoms with van der Waals surface area (Å²) in [6.45, 7) is 4.62.